The van der Waals surface area contributed by atoms with E-state index in [-0.39, 0.29) is 12.0 Å². The molecule has 122 valence electrons. The van der Waals surface area contributed by atoms with Gasteiger partial charge in [0.1, 0.15) is 18.0 Å². The average molecular weight is 315 g/mol. The van der Waals surface area contributed by atoms with Gasteiger partial charge in [0.05, 0.1) is 13.2 Å². The molecule has 1 aromatic carbocycles. The molecule has 2 atom stereocenters. The van der Waals surface area contributed by atoms with Gasteiger partial charge in [0.15, 0.2) is 0 Å². The monoisotopic (exact) mass is 315 g/mol. The van der Waals surface area contributed by atoms with Gasteiger partial charge in [-0.05, 0) is 12.0 Å². The molecule has 0 spiro atoms. The van der Waals surface area contributed by atoms with E-state index in [4.69, 9.17) is 10.5 Å². The maximum atomic E-state index is 10.1. The maximum absolute atomic E-state index is 10.1. The molecule has 0 saturated carbocycles. The van der Waals surface area contributed by atoms with Crippen molar-refractivity contribution in [2.75, 3.05) is 6.61 Å². The lowest BCUT2D eigenvalue weighted by Gasteiger charge is -2.24. The van der Waals surface area contributed by atoms with Crippen molar-refractivity contribution in [2.45, 2.75) is 38.5 Å². The van der Waals surface area contributed by atoms with Crippen LogP contribution in [0.4, 0.5) is 0 Å². The number of fused-ring (bicyclic) bond motifs is 1. The van der Waals surface area contributed by atoms with Gasteiger partial charge in [-0.3, -0.25) is 4.90 Å². The second-order valence-electron chi connectivity index (χ2n) is 5.52. The van der Waals surface area contributed by atoms with E-state index < -0.39 is 12.2 Å². The van der Waals surface area contributed by atoms with Gasteiger partial charge in [-0.2, -0.15) is 4.99 Å². The summed E-state index contributed by atoms with van der Waals surface area (Å²) < 4.78 is 5.56. The fourth-order valence-corrected chi connectivity index (χ4v) is 2.49. The summed E-state index contributed by atoms with van der Waals surface area (Å²) in [5, 5.41) is 10.1. The molecule has 2 aliphatic heterocycles. The molecule has 1 aromatic rings. The highest BCUT2D eigenvalue weighted by Crippen LogP contribution is 2.21. The summed E-state index contributed by atoms with van der Waals surface area (Å²) in [5.74, 6) is 0.584. The Morgan fingerprint density at radius 3 is 2.78 bits per heavy atom. The first-order valence-electron chi connectivity index (χ1n) is 7.82. The Labute approximate surface area is 135 Å². The van der Waals surface area contributed by atoms with Crippen LogP contribution in [0.2, 0.25) is 0 Å². The zero-order valence-corrected chi connectivity index (χ0v) is 13.1. The lowest BCUT2D eigenvalue weighted by molar-refractivity contribution is 0.286. The normalized spacial score (nSPS) is 23.0. The standard InChI is InChI=1S/C16H21N5O2/c1-2-3-9-23-15-19-13(17)12-14(20-15)21(16(22)18-12)10-11-7-5-4-6-8-11/h4-8,12-13H,2-3,9-10,17H2,1H3,(H,18,22). The highest BCUT2D eigenvalue weighted by Gasteiger charge is 2.39. The van der Waals surface area contributed by atoms with Crippen LogP contribution in [-0.2, 0) is 11.3 Å². The molecule has 2 aliphatic rings. The minimum Gasteiger partial charge on any atom is -0.480 e. The van der Waals surface area contributed by atoms with Crippen LogP contribution >= 0.6 is 0 Å². The van der Waals surface area contributed by atoms with Crippen LogP contribution in [0.5, 0.6) is 0 Å². The minimum atomic E-state index is -0.595. The largest absolute Gasteiger partial charge is 0.480 e. The molecule has 0 amide bonds. The first kappa shape index (κ1) is 15.5. The number of hydrogen-bond acceptors (Lipinski definition) is 6. The number of unbranched alkanes of at least 4 members (excludes halogenated alkanes) is 1. The van der Waals surface area contributed by atoms with Gasteiger partial charge in [-0.25, -0.2) is 9.98 Å². The second kappa shape index (κ2) is 6.78. The third-order valence-electron chi connectivity index (χ3n) is 3.74. The summed E-state index contributed by atoms with van der Waals surface area (Å²) in [5.41, 5.74) is 7.08. The van der Waals surface area contributed by atoms with Gasteiger partial charge >= 0.3 is 6.02 Å². The number of aliphatic hydroxyl groups excluding tert-OH is 1. The number of nitrogens with two attached hydrogens (primary N) is 1. The van der Waals surface area contributed by atoms with Crippen molar-refractivity contribution in [3.63, 3.8) is 0 Å². The fourth-order valence-electron chi connectivity index (χ4n) is 2.49. The molecule has 0 fully saturated rings. The van der Waals surface area contributed by atoms with Crippen molar-refractivity contribution in [3.05, 3.63) is 35.9 Å². The summed E-state index contributed by atoms with van der Waals surface area (Å²) in [7, 11) is 0. The minimum absolute atomic E-state index is 0.0851. The molecule has 0 bridgehead atoms. The summed E-state index contributed by atoms with van der Waals surface area (Å²) in [6.07, 6.45) is 1.36. The van der Waals surface area contributed by atoms with Gasteiger partial charge < -0.3 is 15.6 Å². The smallest absolute Gasteiger partial charge is 0.315 e. The number of rotatable bonds is 5. The maximum Gasteiger partial charge on any atom is 0.315 e. The topological polar surface area (TPSA) is 95.8 Å². The highest BCUT2D eigenvalue weighted by molar-refractivity contribution is 6.10. The van der Waals surface area contributed by atoms with E-state index >= 15 is 0 Å². The number of hydrogen-bond donors (Lipinski definition) is 2. The van der Waals surface area contributed by atoms with Crippen LogP contribution in [0.3, 0.4) is 0 Å². The molecule has 3 rings (SSSR count). The van der Waals surface area contributed by atoms with Crippen molar-refractivity contribution >= 4 is 17.9 Å². The van der Waals surface area contributed by atoms with Crippen LogP contribution in [0.15, 0.2) is 45.3 Å². The van der Waals surface area contributed by atoms with Crippen molar-refractivity contribution in [3.8, 4) is 0 Å². The summed E-state index contributed by atoms with van der Waals surface area (Å²) in [4.78, 5) is 14.5. The van der Waals surface area contributed by atoms with Crippen LogP contribution in [0.25, 0.3) is 0 Å². The average Bonchev–Trinajstić information content (AvgIpc) is 2.86. The number of benzene rings is 1. The zero-order valence-electron chi connectivity index (χ0n) is 13.1. The summed E-state index contributed by atoms with van der Waals surface area (Å²) >= 11 is 0. The predicted molar refractivity (Wildman–Crippen MR) is 89.5 cm³/mol. The van der Waals surface area contributed by atoms with E-state index in [1.165, 1.54) is 0 Å². The Balaban J connectivity index is 1.78. The molecule has 2 unspecified atom stereocenters. The fraction of sp³-hybridized carbons (Fsp3) is 0.438. The lowest BCUT2D eigenvalue weighted by Crippen LogP contribution is -2.45. The quantitative estimate of drug-likeness (QED) is 0.808. The molecule has 7 nitrogen and oxygen atoms in total. The number of aliphatic hydroxyl groups is 1. The number of nitrogens with zero attached hydrogens (tertiary/aromatic N) is 4. The molecule has 0 saturated heterocycles. The highest BCUT2D eigenvalue weighted by atomic mass is 16.5. The Hall–Kier alpha value is -2.41. The predicted octanol–water partition coefficient (Wildman–Crippen LogP) is 1.65. The second-order valence-corrected chi connectivity index (χ2v) is 5.52. The molecule has 0 aromatic heterocycles. The zero-order chi connectivity index (χ0) is 16.2. The van der Waals surface area contributed by atoms with Crippen LogP contribution in [-0.4, -0.2) is 46.7 Å². The first-order valence-corrected chi connectivity index (χ1v) is 7.82. The number of ether oxygens (including phenoxy) is 1. The van der Waals surface area contributed by atoms with E-state index in [1.54, 1.807) is 4.90 Å². The summed E-state index contributed by atoms with van der Waals surface area (Å²) in [6.45, 7) is 3.11. The molecular formula is C16H21N5O2. The van der Waals surface area contributed by atoms with Gasteiger partial charge in [0.25, 0.3) is 6.02 Å². The van der Waals surface area contributed by atoms with Crippen molar-refractivity contribution < 1.29 is 9.84 Å². The van der Waals surface area contributed by atoms with E-state index in [9.17, 15) is 5.11 Å². The Bertz CT molecular complexity index is 641. The third kappa shape index (κ3) is 3.34. The Kier molecular flexibility index (Phi) is 4.57. The van der Waals surface area contributed by atoms with Crippen LogP contribution in [0.1, 0.15) is 25.3 Å². The number of aliphatic imine (C=N–C) groups is 3. The van der Waals surface area contributed by atoms with Crippen LogP contribution < -0.4 is 5.73 Å². The summed E-state index contributed by atoms with van der Waals surface area (Å²) in [6, 6.07) is 9.53. The first-order chi connectivity index (χ1) is 11.2. The van der Waals surface area contributed by atoms with E-state index in [2.05, 4.69) is 21.9 Å². The van der Waals surface area contributed by atoms with Gasteiger partial charge in [-0.15, -0.1) is 0 Å². The van der Waals surface area contributed by atoms with E-state index in [0.717, 1.165) is 18.4 Å². The SMILES string of the molecule is CCCCOC1=NC(N)C2N=C(O)N(Cc3ccccc3)C2=N1. The van der Waals surface area contributed by atoms with Crippen LogP contribution in [0, 0.1) is 0 Å². The third-order valence-corrected chi connectivity index (χ3v) is 3.74. The van der Waals surface area contributed by atoms with Crippen molar-refractivity contribution in [1.82, 2.24) is 4.90 Å². The van der Waals surface area contributed by atoms with Gasteiger partial charge in [0, 0.05) is 0 Å². The molecule has 7 heteroatoms. The molecule has 0 radical (unpaired) electrons. The van der Waals surface area contributed by atoms with E-state index in [0.29, 0.717) is 19.0 Å². The van der Waals surface area contributed by atoms with Crippen molar-refractivity contribution in [2.24, 2.45) is 20.7 Å². The van der Waals surface area contributed by atoms with Crippen molar-refractivity contribution in [1.29, 1.82) is 0 Å². The van der Waals surface area contributed by atoms with E-state index in [1.807, 2.05) is 30.3 Å². The molecule has 0 aliphatic carbocycles. The Morgan fingerprint density at radius 2 is 2.04 bits per heavy atom. The van der Waals surface area contributed by atoms with Gasteiger partial charge in [-0.1, -0.05) is 43.7 Å². The number of amidine groups is 3. The van der Waals surface area contributed by atoms with Gasteiger partial charge in [0.2, 0.25) is 0 Å². The molecular weight excluding hydrogens is 294 g/mol. The molecule has 23 heavy (non-hydrogen) atoms. The molecule has 2 heterocycles. The lowest BCUT2D eigenvalue weighted by atomic mass is 10.1. The Morgan fingerprint density at radius 1 is 1.26 bits per heavy atom. The molecule has 3 N–H and O–H groups in total.